The van der Waals surface area contributed by atoms with Gasteiger partial charge in [0.2, 0.25) is 0 Å². The standard InChI is InChI=1S/C36H62N4.2ClH/c1-3-5-7-9-15-19-27-37-35-23-31-39(32-24-35)29-21-17-13-11-12-14-18-22-30-40-33-25-36(26-34-40)38-28-20-16-10-8-6-4-2;;/h23-26,31-34H,3-22,27-30H2,1-2H3;2*1H/p+2. The van der Waals surface area contributed by atoms with Gasteiger partial charge in [0.15, 0.2) is 24.8 Å². The Morgan fingerprint density at radius 1 is 0.405 bits per heavy atom. The summed E-state index contributed by atoms with van der Waals surface area (Å²) in [5.74, 6) is 0. The smallest absolute Gasteiger partial charge is 0.170 e. The fraction of sp³-hybridized carbons (Fsp3) is 0.722. The first kappa shape index (κ1) is 40.5. The largest absolute Gasteiger partial charge is 0.385 e. The monoisotopic (exact) mass is 624 g/mol. The molecule has 0 aliphatic heterocycles. The maximum atomic E-state index is 3.58. The number of aryl methyl sites for hydroxylation is 2. The van der Waals surface area contributed by atoms with Gasteiger partial charge < -0.3 is 10.6 Å². The molecule has 0 unspecified atom stereocenters. The Labute approximate surface area is 272 Å². The highest BCUT2D eigenvalue weighted by Gasteiger charge is 2.03. The van der Waals surface area contributed by atoms with Crippen molar-refractivity contribution in [2.45, 2.75) is 155 Å². The van der Waals surface area contributed by atoms with E-state index in [4.69, 9.17) is 0 Å². The fourth-order valence-electron chi connectivity index (χ4n) is 5.37. The lowest BCUT2D eigenvalue weighted by Gasteiger charge is -2.06. The van der Waals surface area contributed by atoms with E-state index < -0.39 is 0 Å². The lowest BCUT2D eigenvalue weighted by atomic mass is 10.1. The molecule has 0 bridgehead atoms. The van der Waals surface area contributed by atoms with E-state index in [1.54, 1.807) is 0 Å². The Balaban J connectivity index is 0.00000840. The molecule has 0 saturated heterocycles. The topological polar surface area (TPSA) is 31.8 Å². The Hall–Kier alpha value is -1.52. The summed E-state index contributed by atoms with van der Waals surface area (Å²) in [5.41, 5.74) is 2.52. The number of unbranched alkanes of at least 4 members (excludes halogenated alkanes) is 17. The van der Waals surface area contributed by atoms with Crippen LogP contribution in [-0.4, -0.2) is 13.1 Å². The lowest BCUT2D eigenvalue weighted by Crippen LogP contribution is -2.32. The van der Waals surface area contributed by atoms with Crippen LogP contribution in [0.1, 0.15) is 142 Å². The van der Waals surface area contributed by atoms with Gasteiger partial charge in [0.1, 0.15) is 13.1 Å². The SMILES string of the molecule is CCCCCCCCNc1cc[n+](CCCCCCCCCC[n+]2ccc(NCCCCCCCC)cc2)cc1.Cl.Cl. The molecule has 0 saturated carbocycles. The van der Waals surface area contributed by atoms with Crippen molar-refractivity contribution in [3.63, 3.8) is 0 Å². The number of rotatable bonds is 27. The minimum atomic E-state index is 0. The Morgan fingerprint density at radius 3 is 1.02 bits per heavy atom. The number of pyridine rings is 2. The van der Waals surface area contributed by atoms with Crippen LogP contribution in [0, 0.1) is 0 Å². The molecule has 2 aromatic heterocycles. The molecule has 0 aliphatic rings. The Kier molecular flexibility index (Phi) is 28.5. The number of anilines is 2. The fourth-order valence-corrected chi connectivity index (χ4v) is 5.37. The molecular weight excluding hydrogens is 559 g/mol. The molecule has 0 aromatic carbocycles. The normalized spacial score (nSPS) is 10.6. The van der Waals surface area contributed by atoms with Gasteiger partial charge in [0.25, 0.3) is 0 Å². The van der Waals surface area contributed by atoms with Crippen LogP contribution in [0.4, 0.5) is 11.4 Å². The highest BCUT2D eigenvalue weighted by Crippen LogP contribution is 2.11. The predicted octanol–water partition coefficient (Wildman–Crippen LogP) is 10.5. The second kappa shape index (κ2) is 29.5. The number of nitrogens with zero attached hydrogens (tertiary/aromatic N) is 2. The van der Waals surface area contributed by atoms with E-state index in [0.29, 0.717) is 0 Å². The van der Waals surface area contributed by atoms with Crippen molar-refractivity contribution in [2.75, 3.05) is 23.7 Å². The van der Waals surface area contributed by atoms with E-state index in [2.05, 4.69) is 82.7 Å². The lowest BCUT2D eigenvalue weighted by molar-refractivity contribution is -0.697. The number of halogens is 2. The van der Waals surface area contributed by atoms with Gasteiger partial charge in [-0.3, -0.25) is 0 Å². The van der Waals surface area contributed by atoms with Crippen molar-refractivity contribution in [3.05, 3.63) is 49.1 Å². The number of nitrogens with one attached hydrogen (secondary N) is 2. The molecule has 0 amide bonds. The maximum Gasteiger partial charge on any atom is 0.170 e. The van der Waals surface area contributed by atoms with E-state index in [1.165, 1.54) is 140 Å². The highest BCUT2D eigenvalue weighted by atomic mass is 35.5. The van der Waals surface area contributed by atoms with Crippen molar-refractivity contribution in [2.24, 2.45) is 0 Å². The second-order valence-corrected chi connectivity index (χ2v) is 11.9. The van der Waals surface area contributed by atoms with Crippen molar-refractivity contribution in [3.8, 4) is 0 Å². The van der Waals surface area contributed by atoms with Crippen molar-refractivity contribution in [1.29, 1.82) is 0 Å². The Bertz CT molecular complexity index is 745. The minimum Gasteiger partial charge on any atom is -0.385 e. The van der Waals surface area contributed by atoms with Crippen LogP contribution in [-0.2, 0) is 13.1 Å². The third kappa shape index (κ3) is 22.1. The van der Waals surface area contributed by atoms with E-state index in [1.807, 2.05) is 0 Å². The molecule has 242 valence electrons. The molecule has 2 aromatic rings. The van der Waals surface area contributed by atoms with Gasteiger partial charge in [-0.05, 0) is 25.7 Å². The Morgan fingerprint density at radius 2 is 0.690 bits per heavy atom. The summed E-state index contributed by atoms with van der Waals surface area (Å²) < 4.78 is 4.68. The first-order chi connectivity index (χ1) is 19.8. The average Bonchev–Trinajstić information content (AvgIpc) is 2.98. The zero-order valence-electron chi connectivity index (χ0n) is 27.3. The van der Waals surface area contributed by atoms with Gasteiger partial charge in [-0.2, -0.15) is 0 Å². The van der Waals surface area contributed by atoms with E-state index in [0.717, 1.165) is 26.2 Å². The van der Waals surface area contributed by atoms with Crippen LogP contribution < -0.4 is 19.8 Å². The molecule has 0 spiro atoms. The molecular formula is C36H66Cl2N4+2. The molecule has 6 heteroatoms. The van der Waals surface area contributed by atoms with E-state index >= 15 is 0 Å². The van der Waals surface area contributed by atoms with Gasteiger partial charge >= 0.3 is 0 Å². The molecule has 0 fully saturated rings. The minimum absolute atomic E-state index is 0. The summed E-state index contributed by atoms with van der Waals surface area (Å²) in [7, 11) is 0. The highest BCUT2D eigenvalue weighted by molar-refractivity contribution is 5.85. The first-order valence-corrected chi connectivity index (χ1v) is 17.3. The zero-order chi connectivity index (χ0) is 28.4. The molecule has 4 nitrogen and oxygen atoms in total. The van der Waals surface area contributed by atoms with Gasteiger partial charge in [0, 0.05) is 61.6 Å². The summed E-state index contributed by atoms with van der Waals surface area (Å²) in [5, 5.41) is 7.15. The summed E-state index contributed by atoms with van der Waals surface area (Å²) in [6, 6.07) is 8.94. The zero-order valence-corrected chi connectivity index (χ0v) is 28.9. The predicted molar refractivity (Wildman–Crippen MR) is 188 cm³/mol. The van der Waals surface area contributed by atoms with Crippen molar-refractivity contribution < 1.29 is 9.13 Å². The van der Waals surface area contributed by atoms with Gasteiger partial charge in [-0.25, -0.2) is 9.13 Å². The average molecular weight is 626 g/mol. The van der Waals surface area contributed by atoms with E-state index in [-0.39, 0.29) is 24.8 Å². The van der Waals surface area contributed by atoms with Crippen molar-refractivity contribution in [1.82, 2.24) is 0 Å². The third-order valence-corrected chi connectivity index (χ3v) is 8.08. The molecule has 2 rings (SSSR count). The summed E-state index contributed by atoms with van der Waals surface area (Å²) in [6.45, 7) is 9.03. The quantitative estimate of drug-likeness (QED) is 0.0765. The molecule has 0 aliphatic carbocycles. The van der Waals surface area contributed by atoms with Crippen LogP contribution in [0.15, 0.2) is 49.1 Å². The van der Waals surface area contributed by atoms with Crippen LogP contribution in [0.2, 0.25) is 0 Å². The summed E-state index contributed by atoms with van der Waals surface area (Å²) in [4.78, 5) is 0. The number of hydrogen-bond donors (Lipinski definition) is 2. The maximum absolute atomic E-state index is 3.58. The molecule has 2 N–H and O–H groups in total. The van der Waals surface area contributed by atoms with Crippen LogP contribution in [0.3, 0.4) is 0 Å². The van der Waals surface area contributed by atoms with Gasteiger partial charge in [-0.15, -0.1) is 24.8 Å². The van der Waals surface area contributed by atoms with Crippen LogP contribution in [0.5, 0.6) is 0 Å². The van der Waals surface area contributed by atoms with Crippen LogP contribution >= 0.6 is 24.8 Å². The van der Waals surface area contributed by atoms with E-state index in [9.17, 15) is 0 Å². The summed E-state index contributed by atoms with van der Waals surface area (Å²) >= 11 is 0. The molecule has 0 radical (unpaired) electrons. The molecule has 42 heavy (non-hydrogen) atoms. The molecule has 2 heterocycles. The van der Waals surface area contributed by atoms with Crippen molar-refractivity contribution >= 4 is 36.2 Å². The molecule has 0 atom stereocenters. The summed E-state index contributed by atoms with van der Waals surface area (Å²) in [6.07, 6.45) is 36.0. The second-order valence-electron chi connectivity index (χ2n) is 11.9. The van der Waals surface area contributed by atoms with Gasteiger partial charge in [0.05, 0.1) is 0 Å². The van der Waals surface area contributed by atoms with Crippen LogP contribution in [0.25, 0.3) is 0 Å². The van der Waals surface area contributed by atoms with Gasteiger partial charge in [-0.1, -0.05) is 104 Å². The first-order valence-electron chi connectivity index (χ1n) is 17.3. The third-order valence-electron chi connectivity index (χ3n) is 8.08. The number of aromatic nitrogens is 2. The number of hydrogen-bond acceptors (Lipinski definition) is 2.